The maximum Gasteiger partial charge on any atom is 0.269 e. The number of H-pyrrole nitrogens is 2. The van der Waals surface area contributed by atoms with Crippen molar-refractivity contribution in [1.82, 2.24) is 25.1 Å². The van der Waals surface area contributed by atoms with Crippen LogP contribution in [-0.4, -0.2) is 36.2 Å². The molecule has 0 saturated carbocycles. The third kappa shape index (κ3) is 3.48. The number of aromatic nitrogens is 5. The van der Waals surface area contributed by atoms with Crippen molar-refractivity contribution in [3.05, 3.63) is 81.1 Å². The number of hydrogen-bond acceptors (Lipinski definition) is 6. The van der Waals surface area contributed by atoms with E-state index >= 15 is 0 Å². The molecule has 4 rings (SSSR count). The average Bonchev–Trinajstić information content (AvgIpc) is 3.34. The number of nitrogens with one attached hydrogen (secondary N) is 2. The van der Waals surface area contributed by atoms with Crippen LogP contribution in [0.2, 0.25) is 0 Å². The number of nitro benzene ring substituents is 1. The van der Waals surface area contributed by atoms with Gasteiger partial charge in [0.2, 0.25) is 10.6 Å². The molecule has 0 saturated heterocycles. The van der Waals surface area contributed by atoms with E-state index in [-0.39, 0.29) is 5.69 Å². The lowest BCUT2D eigenvalue weighted by Crippen LogP contribution is -1.95. The third-order valence-electron chi connectivity index (χ3n) is 3.96. The minimum atomic E-state index is -0.451. The summed E-state index contributed by atoms with van der Waals surface area (Å²) in [4.78, 5) is 10.3. The Bertz CT molecular complexity index is 1210. The molecule has 4 aromatic rings. The van der Waals surface area contributed by atoms with E-state index in [0.29, 0.717) is 21.9 Å². The standard InChI is InChI=1S/C18H13N7O2S/c26-25(27)14-8-6-12(7-9-14)11-19-24-17(22-23-18(24)28)16-10-15(20-21-16)13-4-2-1-3-5-13/h1-11H,(H,20,21)(H,23,28)/b19-11+. The van der Waals surface area contributed by atoms with Crippen molar-refractivity contribution in [2.24, 2.45) is 5.10 Å². The van der Waals surface area contributed by atoms with Gasteiger partial charge in [0.05, 0.1) is 16.8 Å². The summed E-state index contributed by atoms with van der Waals surface area (Å²) in [6.07, 6.45) is 1.55. The number of nitrogens with zero attached hydrogens (tertiary/aromatic N) is 5. The lowest BCUT2D eigenvalue weighted by molar-refractivity contribution is -0.384. The van der Waals surface area contributed by atoms with Gasteiger partial charge in [-0.25, -0.2) is 5.10 Å². The zero-order valence-corrected chi connectivity index (χ0v) is 15.1. The number of rotatable bonds is 5. The predicted octanol–water partition coefficient (Wildman–Crippen LogP) is 3.79. The summed E-state index contributed by atoms with van der Waals surface area (Å²) < 4.78 is 1.77. The van der Waals surface area contributed by atoms with Crippen molar-refractivity contribution in [1.29, 1.82) is 0 Å². The average molecular weight is 391 g/mol. The molecular weight excluding hydrogens is 378 g/mol. The molecule has 0 bridgehead atoms. The molecule has 2 heterocycles. The van der Waals surface area contributed by atoms with Gasteiger partial charge < -0.3 is 0 Å². The SMILES string of the molecule is O=[N+]([O-])c1ccc(/C=N/n2c(-c3cc(-c4ccccc4)n[nH]3)n[nH]c2=S)cc1. The Balaban J connectivity index is 1.64. The van der Waals surface area contributed by atoms with E-state index in [4.69, 9.17) is 12.2 Å². The Morgan fingerprint density at radius 3 is 2.54 bits per heavy atom. The summed E-state index contributed by atoms with van der Waals surface area (Å²) in [5, 5.41) is 29.3. The summed E-state index contributed by atoms with van der Waals surface area (Å²) in [6, 6.07) is 17.6. The quantitative estimate of drug-likeness (QED) is 0.232. The van der Waals surface area contributed by atoms with Crippen molar-refractivity contribution in [2.45, 2.75) is 0 Å². The highest BCUT2D eigenvalue weighted by atomic mass is 32.1. The van der Waals surface area contributed by atoms with Gasteiger partial charge in [-0.15, -0.1) is 0 Å². The van der Waals surface area contributed by atoms with E-state index in [1.54, 1.807) is 18.3 Å². The zero-order chi connectivity index (χ0) is 19.5. The van der Waals surface area contributed by atoms with Crippen LogP contribution in [0.1, 0.15) is 5.56 Å². The van der Waals surface area contributed by atoms with Crippen LogP contribution in [0.15, 0.2) is 65.8 Å². The van der Waals surface area contributed by atoms with E-state index in [2.05, 4.69) is 25.5 Å². The number of nitro groups is 1. The van der Waals surface area contributed by atoms with Crippen LogP contribution in [0.5, 0.6) is 0 Å². The fraction of sp³-hybridized carbons (Fsp3) is 0. The van der Waals surface area contributed by atoms with E-state index in [9.17, 15) is 10.1 Å². The van der Waals surface area contributed by atoms with E-state index < -0.39 is 4.92 Å². The van der Waals surface area contributed by atoms with Crippen LogP contribution < -0.4 is 0 Å². The zero-order valence-electron chi connectivity index (χ0n) is 14.3. The summed E-state index contributed by atoms with van der Waals surface area (Å²) in [5.41, 5.74) is 3.10. The van der Waals surface area contributed by atoms with Crippen LogP contribution >= 0.6 is 12.2 Å². The lowest BCUT2D eigenvalue weighted by atomic mass is 10.1. The molecule has 2 N–H and O–H groups in total. The highest BCUT2D eigenvalue weighted by Gasteiger charge is 2.12. The fourth-order valence-electron chi connectivity index (χ4n) is 2.57. The summed E-state index contributed by atoms with van der Waals surface area (Å²) in [6.45, 7) is 0. The largest absolute Gasteiger partial charge is 0.274 e. The van der Waals surface area contributed by atoms with E-state index in [1.165, 1.54) is 16.8 Å². The molecule has 0 aliphatic carbocycles. The minimum Gasteiger partial charge on any atom is -0.274 e. The monoisotopic (exact) mass is 391 g/mol. The minimum absolute atomic E-state index is 0.0173. The van der Waals surface area contributed by atoms with Crippen LogP contribution in [0.4, 0.5) is 5.69 Å². The molecule has 2 aromatic carbocycles. The van der Waals surface area contributed by atoms with Gasteiger partial charge in [0.1, 0.15) is 5.69 Å². The Hall–Kier alpha value is -3.92. The van der Waals surface area contributed by atoms with Crippen molar-refractivity contribution in [3.8, 4) is 22.8 Å². The summed E-state index contributed by atoms with van der Waals surface area (Å²) in [7, 11) is 0. The molecule has 0 spiro atoms. The van der Waals surface area contributed by atoms with Crippen molar-refractivity contribution < 1.29 is 4.92 Å². The molecule has 9 nitrogen and oxygen atoms in total. The second-order valence-corrected chi connectivity index (χ2v) is 6.18. The van der Waals surface area contributed by atoms with Crippen LogP contribution in [0.3, 0.4) is 0 Å². The van der Waals surface area contributed by atoms with Gasteiger partial charge in [-0.1, -0.05) is 30.3 Å². The third-order valence-corrected chi connectivity index (χ3v) is 4.23. The molecule has 0 radical (unpaired) electrons. The molecule has 0 amide bonds. The van der Waals surface area contributed by atoms with Crippen molar-refractivity contribution in [2.75, 3.05) is 0 Å². The maximum atomic E-state index is 10.7. The first-order valence-electron chi connectivity index (χ1n) is 8.19. The molecule has 138 valence electrons. The number of benzene rings is 2. The predicted molar refractivity (Wildman–Crippen MR) is 107 cm³/mol. The van der Waals surface area contributed by atoms with E-state index in [1.807, 2.05) is 36.4 Å². The van der Waals surface area contributed by atoms with Gasteiger partial charge >= 0.3 is 0 Å². The van der Waals surface area contributed by atoms with Gasteiger partial charge in [-0.3, -0.25) is 15.2 Å². The maximum absolute atomic E-state index is 10.7. The highest BCUT2D eigenvalue weighted by Crippen LogP contribution is 2.22. The van der Waals surface area contributed by atoms with Crippen molar-refractivity contribution >= 4 is 24.1 Å². The molecule has 0 aliphatic heterocycles. The van der Waals surface area contributed by atoms with Gasteiger partial charge in [0, 0.05) is 17.7 Å². The molecule has 0 atom stereocenters. The summed E-state index contributed by atoms with van der Waals surface area (Å²) >= 11 is 5.25. The van der Waals surface area contributed by atoms with Gasteiger partial charge in [-0.05, 0) is 36.0 Å². The molecular formula is C18H13N7O2S. The van der Waals surface area contributed by atoms with Crippen LogP contribution in [0, 0.1) is 14.9 Å². The molecule has 0 unspecified atom stereocenters. The Labute approximate surface area is 163 Å². The molecule has 2 aromatic heterocycles. The summed E-state index contributed by atoms with van der Waals surface area (Å²) in [5.74, 6) is 0.470. The first-order chi connectivity index (χ1) is 13.6. The molecule has 0 aliphatic rings. The normalized spacial score (nSPS) is 11.1. The van der Waals surface area contributed by atoms with Crippen LogP contribution in [0.25, 0.3) is 22.8 Å². The highest BCUT2D eigenvalue weighted by molar-refractivity contribution is 7.71. The van der Waals surface area contributed by atoms with Gasteiger partial charge in [0.15, 0.2) is 0 Å². The Morgan fingerprint density at radius 2 is 1.82 bits per heavy atom. The Morgan fingerprint density at radius 1 is 1.07 bits per heavy atom. The van der Waals surface area contributed by atoms with Crippen molar-refractivity contribution in [3.63, 3.8) is 0 Å². The van der Waals surface area contributed by atoms with Gasteiger partial charge in [0.25, 0.3) is 5.69 Å². The second kappa shape index (κ2) is 7.37. The lowest BCUT2D eigenvalue weighted by Gasteiger charge is -1.98. The number of hydrogen-bond donors (Lipinski definition) is 2. The fourth-order valence-corrected chi connectivity index (χ4v) is 2.75. The number of non-ortho nitro benzene ring substituents is 1. The molecule has 0 fully saturated rings. The Kier molecular flexibility index (Phi) is 4.60. The molecule has 28 heavy (non-hydrogen) atoms. The smallest absolute Gasteiger partial charge is 0.269 e. The topological polar surface area (TPSA) is 118 Å². The second-order valence-electron chi connectivity index (χ2n) is 5.79. The van der Waals surface area contributed by atoms with E-state index in [0.717, 1.165) is 11.3 Å². The first-order valence-corrected chi connectivity index (χ1v) is 8.60. The molecule has 10 heteroatoms. The van der Waals surface area contributed by atoms with Gasteiger partial charge in [-0.2, -0.15) is 20.0 Å². The number of aromatic amines is 2. The van der Waals surface area contributed by atoms with Crippen LogP contribution in [-0.2, 0) is 0 Å². The first kappa shape index (κ1) is 17.5.